The largest absolute Gasteiger partial charge is 0.352 e. The molecule has 4 rings (SSSR count). The zero-order chi connectivity index (χ0) is 20.8. The van der Waals surface area contributed by atoms with Crippen molar-refractivity contribution < 1.29 is 4.79 Å². The van der Waals surface area contributed by atoms with E-state index in [0.29, 0.717) is 18.9 Å². The van der Waals surface area contributed by atoms with Crippen LogP contribution < -0.4 is 10.2 Å². The average Bonchev–Trinajstić information content (AvgIpc) is 2.81. The number of amides is 1. The molecule has 1 fully saturated rings. The third kappa shape index (κ3) is 4.56. The van der Waals surface area contributed by atoms with Crippen molar-refractivity contribution in [3.63, 3.8) is 0 Å². The van der Waals surface area contributed by atoms with Crippen molar-refractivity contribution in [1.82, 2.24) is 20.1 Å². The number of hydrogen-bond donors (Lipinski definition) is 1. The van der Waals surface area contributed by atoms with Gasteiger partial charge >= 0.3 is 0 Å². The van der Waals surface area contributed by atoms with Crippen LogP contribution in [0.5, 0.6) is 0 Å². The van der Waals surface area contributed by atoms with E-state index >= 15 is 0 Å². The molecule has 2 aromatic heterocycles. The number of anilines is 3. The van der Waals surface area contributed by atoms with Crippen LogP contribution in [0.4, 0.5) is 17.5 Å². The summed E-state index contributed by atoms with van der Waals surface area (Å²) in [5.41, 5.74) is 1.09. The summed E-state index contributed by atoms with van der Waals surface area (Å²) in [6.07, 6.45) is 2.53. The van der Waals surface area contributed by atoms with Crippen molar-refractivity contribution in [1.29, 1.82) is 0 Å². The van der Waals surface area contributed by atoms with E-state index in [-0.39, 0.29) is 11.8 Å². The summed E-state index contributed by atoms with van der Waals surface area (Å²) in [5, 5.41) is 11.7. The van der Waals surface area contributed by atoms with E-state index in [4.69, 9.17) is 0 Å². The highest BCUT2D eigenvalue weighted by Crippen LogP contribution is 2.23. The summed E-state index contributed by atoms with van der Waals surface area (Å²) in [6, 6.07) is 19.6. The fourth-order valence-electron chi connectivity index (χ4n) is 3.74. The molecule has 1 atom stereocenters. The molecule has 154 valence electrons. The minimum Gasteiger partial charge on any atom is -0.352 e. The molecule has 1 saturated heterocycles. The highest BCUT2D eigenvalue weighted by atomic mass is 16.2. The Balaban J connectivity index is 1.34. The van der Waals surface area contributed by atoms with E-state index < -0.39 is 0 Å². The third-order valence-electron chi connectivity index (χ3n) is 5.40. The fraction of sp³-hybridized carbons (Fsp3) is 0.304. The van der Waals surface area contributed by atoms with E-state index in [1.54, 1.807) is 6.20 Å². The minimum absolute atomic E-state index is 0.0745. The van der Waals surface area contributed by atoms with E-state index in [1.807, 2.05) is 65.6 Å². The lowest BCUT2D eigenvalue weighted by Crippen LogP contribution is -2.50. The molecule has 1 N–H and O–H groups in total. The zero-order valence-electron chi connectivity index (χ0n) is 17.1. The Bertz CT molecular complexity index is 940. The number of carbonyl (C=O) groups is 1. The molecule has 1 unspecified atom stereocenters. The molecule has 0 spiro atoms. The number of piperazine rings is 1. The standard InChI is InChI=1S/C23H26N6O/c1-2-19(18-8-4-3-5-9-18)23(30)29-16-14-28(15-17-29)22-12-11-21(26-27-22)25-20-10-6-7-13-24-20/h3-13,19H,2,14-17H2,1H3,(H,24,25,26). The van der Waals surface area contributed by atoms with Gasteiger partial charge < -0.3 is 15.1 Å². The average molecular weight is 403 g/mol. The van der Waals surface area contributed by atoms with Crippen LogP contribution in [0.25, 0.3) is 0 Å². The van der Waals surface area contributed by atoms with Gasteiger partial charge in [-0.15, -0.1) is 10.2 Å². The van der Waals surface area contributed by atoms with E-state index in [9.17, 15) is 4.79 Å². The van der Waals surface area contributed by atoms with Gasteiger partial charge in [-0.3, -0.25) is 4.79 Å². The van der Waals surface area contributed by atoms with Crippen LogP contribution in [0, 0.1) is 0 Å². The van der Waals surface area contributed by atoms with Gasteiger partial charge in [0, 0.05) is 32.4 Å². The molecule has 1 aliphatic rings. The molecular weight excluding hydrogens is 376 g/mol. The molecule has 0 bridgehead atoms. The molecule has 0 saturated carbocycles. The summed E-state index contributed by atoms with van der Waals surface area (Å²) in [7, 11) is 0. The highest BCUT2D eigenvalue weighted by molar-refractivity contribution is 5.84. The Labute approximate surface area is 176 Å². The first-order valence-electron chi connectivity index (χ1n) is 10.3. The quantitative estimate of drug-likeness (QED) is 0.681. The van der Waals surface area contributed by atoms with Crippen molar-refractivity contribution in [3.05, 3.63) is 72.4 Å². The molecule has 7 nitrogen and oxygen atoms in total. The van der Waals surface area contributed by atoms with Gasteiger partial charge in [-0.1, -0.05) is 43.3 Å². The number of hydrogen-bond acceptors (Lipinski definition) is 6. The smallest absolute Gasteiger partial charge is 0.230 e. The van der Waals surface area contributed by atoms with Gasteiger partial charge in [0.15, 0.2) is 11.6 Å². The zero-order valence-corrected chi connectivity index (χ0v) is 17.1. The molecule has 1 aliphatic heterocycles. The molecule has 1 aromatic carbocycles. The third-order valence-corrected chi connectivity index (χ3v) is 5.40. The Morgan fingerprint density at radius 1 is 0.933 bits per heavy atom. The van der Waals surface area contributed by atoms with Gasteiger partial charge in [-0.25, -0.2) is 4.98 Å². The number of nitrogens with zero attached hydrogens (tertiary/aromatic N) is 5. The Hall–Kier alpha value is -3.48. The number of benzene rings is 1. The van der Waals surface area contributed by atoms with Crippen molar-refractivity contribution in [2.45, 2.75) is 19.3 Å². The SMILES string of the molecule is CCC(C(=O)N1CCN(c2ccc(Nc3ccccn3)nn2)CC1)c1ccccc1. The predicted octanol–water partition coefficient (Wildman–Crippen LogP) is 3.46. The maximum absolute atomic E-state index is 13.1. The maximum atomic E-state index is 13.1. The predicted molar refractivity (Wildman–Crippen MR) is 118 cm³/mol. The first-order valence-corrected chi connectivity index (χ1v) is 10.3. The van der Waals surface area contributed by atoms with E-state index in [1.165, 1.54) is 0 Å². The Kier molecular flexibility index (Phi) is 6.17. The molecule has 1 amide bonds. The van der Waals surface area contributed by atoms with Gasteiger partial charge in [0.25, 0.3) is 0 Å². The van der Waals surface area contributed by atoms with Crippen LogP contribution in [0.15, 0.2) is 66.9 Å². The highest BCUT2D eigenvalue weighted by Gasteiger charge is 2.27. The second-order valence-electron chi connectivity index (χ2n) is 7.30. The molecule has 30 heavy (non-hydrogen) atoms. The molecule has 3 aromatic rings. The van der Waals surface area contributed by atoms with Crippen LogP contribution in [0.3, 0.4) is 0 Å². The van der Waals surface area contributed by atoms with Gasteiger partial charge in [-0.2, -0.15) is 0 Å². The first-order chi connectivity index (χ1) is 14.7. The van der Waals surface area contributed by atoms with Crippen LogP contribution in [-0.4, -0.2) is 52.2 Å². The van der Waals surface area contributed by atoms with E-state index in [2.05, 4.69) is 32.3 Å². The number of aromatic nitrogens is 3. The molecular formula is C23H26N6O. The summed E-state index contributed by atoms with van der Waals surface area (Å²) in [4.78, 5) is 21.4. The lowest BCUT2D eigenvalue weighted by Gasteiger charge is -2.36. The lowest BCUT2D eigenvalue weighted by molar-refractivity contribution is -0.133. The van der Waals surface area contributed by atoms with Crippen LogP contribution in [0.2, 0.25) is 0 Å². The van der Waals surface area contributed by atoms with Crippen molar-refractivity contribution in [3.8, 4) is 0 Å². The van der Waals surface area contributed by atoms with Crippen molar-refractivity contribution in [2.24, 2.45) is 0 Å². The normalized spacial score (nSPS) is 15.0. The molecule has 0 aliphatic carbocycles. The van der Waals surface area contributed by atoms with Crippen LogP contribution in [0.1, 0.15) is 24.8 Å². The number of carbonyl (C=O) groups excluding carboxylic acids is 1. The number of rotatable bonds is 6. The van der Waals surface area contributed by atoms with Crippen LogP contribution in [-0.2, 0) is 4.79 Å². The maximum Gasteiger partial charge on any atom is 0.230 e. The Morgan fingerprint density at radius 2 is 1.70 bits per heavy atom. The van der Waals surface area contributed by atoms with Crippen LogP contribution >= 0.6 is 0 Å². The summed E-state index contributed by atoms with van der Waals surface area (Å²) in [6.45, 7) is 4.95. The van der Waals surface area contributed by atoms with Crippen molar-refractivity contribution in [2.75, 3.05) is 36.4 Å². The minimum atomic E-state index is -0.0745. The summed E-state index contributed by atoms with van der Waals surface area (Å²) < 4.78 is 0. The Morgan fingerprint density at radius 3 is 2.33 bits per heavy atom. The van der Waals surface area contributed by atoms with Gasteiger partial charge in [0.05, 0.1) is 5.92 Å². The van der Waals surface area contributed by atoms with E-state index in [0.717, 1.165) is 36.7 Å². The summed E-state index contributed by atoms with van der Waals surface area (Å²) in [5.74, 6) is 2.35. The lowest BCUT2D eigenvalue weighted by atomic mass is 9.95. The topological polar surface area (TPSA) is 74.2 Å². The molecule has 0 radical (unpaired) electrons. The summed E-state index contributed by atoms with van der Waals surface area (Å²) >= 11 is 0. The number of nitrogens with one attached hydrogen (secondary N) is 1. The molecule has 7 heteroatoms. The van der Waals surface area contributed by atoms with Gasteiger partial charge in [0.1, 0.15) is 5.82 Å². The molecule has 3 heterocycles. The fourth-order valence-corrected chi connectivity index (χ4v) is 3.74. The van der Waals surface area contributed by atoms with Gasteiger partial charge in [-0.05, 0) is 36.2 Å². The second kappa shape index (κ2) is 9.35. The van der Waals surface area contributed by atoms with Crippen molar-refractivity contribution >= 4 is 23.4 Å². The van der Waals surface area contributed by atoms with Gasteiger partial charge in [0.2, 0.25) is 5.91 Å². The first kappa shape index (κ1) is 19.8. The monoisotopic (exact) mass is 402 g/mol. The second-order valence-corrected chi connectivity index (χ2v) is 7.30. The number of pyridine rings is 1.